The van der Waals surface area contributed by atoms with E-state index in [1.807, 2.05) is 78.9 Å². The zero-order valence-corrected chi connectivity index (χ0v) is 20.3. The third kappa shape index (κ3) is 5.92. The molecule has 0 radical (unpaired) electrons. The Morgan fingerprint density at radius 2 is 1.43 bits per heavy atom. The highest BCUT2D eigenvalue weighted by Gasteiger charge is 2.47. The van der Waals surface area contributed by atoms with Gasteiger partial charge in [-0.25, -0.2) is 4.79 Å². The molecule has 3 aromatic rings. The average Bonchev–Trinajstić information content (AvgIpc) is 2.92. The van der Waals surface area contributed by atoms with E-state index in [9.17, 15) is 4.79 Å². The van der Waals surface area contributed by atoms with Crippen LogP contribution in [0.2, 0.25) is 0 Å². The zero-order valence-electron chi connectivity index (χ0n) is 20.3. The number of quaternary nitrogens is 1. The van der Waals surface area contributed by atoms with Crippen molar-refractivity contribution in [2.45, 2.75) is 32.1 Å². The smallest absolute Gasteiger partial charge is 0.415 e. The Hall–Kier alpha value is -3.15. The van der Waals surface area contributed by atoms with E-state index < -0.39 is 0 Å². The van der Waals surface area contributed by atoms with Crippen LogP contribution in [0.3, 0.4) is 0 Å². The number of benzene rings is 3. The van der Waals surface area contributed by atoms with E-state index in [1.165, 1.54) is 5.56 Å². The standard InChI is InChI=1S/C30H35N2O3/c33-30(31(28-14-8-3-9-15-28)22-25-10-4-1-5-11-25)35-29-23-32(18-16-27(29)17-19-32)20-21-34-24-26-12-6-2-7-13-26/h1-15,27,29H,16-24H2/q+1/t27?,29-,32?/m0/s1. The predicted octanol–water partition coefficient (Wildman–Crippen LogP) is 5.66. The Labute approximate surface area is 208 Å². The van der Waals surface area contributed by atoms with Crippen molar-refractivity contribution in [3.05, 3.63) is 102 Å². The van der Waals surface area contributed by atoms with Crippen LogP contribution in [0.5, 0.6) is 0 Å². The highest BCUT2D eigenvalue weighted by Crippen LogP contribution is 2.36. The Morgan fingerprint density at radius 3 is 2.09 bits per heavy atom. The monoisotopic (exact) mass is 471 g/mol. The quantitative estimate of drug-likeness (QED) is 0.299. The third-order valence-electron chi connectivity index (χ3n) is 7.59. The van der Waals surface area contributed by atoms with Gasteiger partial charge in [-0.1, -0.05) is 78.9 Å². The lowest BCUT2D eigenvalue weighted by Gasteiger charge is -2.52. The second-order valence-corrected chi connectivity index (χ2v) is 9.90. The van der Waals surface area contributed by atoms with Crippen molar-refractivity contribution < 1.29 is 18.8 Å². The topological polar surface area (TPSA) is 38.8 Å². The van der Waals surface area contributed by atoms with E-state index in [1.54, 1.807) is 4.90 Å². The van der Waals surface area contributed by atoms with E-state index in [0.717, 1.165) is 61.4 Å². The Morgan fingerprint density at radius 1 is 0.829 bits per heavy atom. The lowest BCUT2D eigenvalue weighted by molar-refractivity contribution is -0.946. The molecule has 35 heavy (non-hydrogen) atoms. The molecule has 3 heterocycles. The van der Waals surface area contributed by atoms with Crippen molar-refractivity contribution in [3.8, 4) is 0 Å². The van der Waals surface area contributed by atoms with E-state index in [4.69, 9.17) is 9.47 Å². The molecule has 2 bridgehead atoms. The molecule has 0 aliphatic carbocycles. The fourth-order valence-corrected chi connectivity index (χ4v) is 5.52. The van der Waals surface area contributed by atoms with Gasteiger partial charge in [-0.2, -0.15) is 0 Å². The van der Waals surface area contributed by atoms with Crippen molar-refractivity contribution in [1.82, 2.24) is 0 Å². The van der Waals surface area contributed by atoms with Crippen LogP contribution in [0.4, 0.5) is 10.5 Å². The Kier molecular flexibility index (Phi) is 7.45. The largest absolute Gasteiger partial charge is 0.440 e. The Balaban J connectivity index is 1.21. The van der Waals surface area contributed by atoms with Crippen LogP contribution in [-0.4, -0.2) is 49.5 Å². The number of fused-ring (bicyclic) bond motifs is 3. The molecule has 3 aromatic carbocycles. The van der Waals surface area contributed by atoms with E-state index in [-0.39, 0.29) is 12.2 Å². The van der Waals surface area contributed by atoms with E-state index in [0.29, 0.717) is 19.1 Å². The van der Waals surface area contributed by atoms with Gasteiger partial charge < -0.3 is 14.0 Å². The lowest BCUT2D eigenvalue weighted by atomic mass is 9.83. The molecule has 0 unspecified atom stereocenters. The van der Waals surface area contributed by atoms with Gasteiger partial charge in [-0.3, -0.25) is 4.90 Å². The van der Waals surface area contributed by atoms with Crippen LogP contribution in [-0.2, 0) is 22.6 Å². The van der Waals surface area contributed by atoms with E-state index in [2.05, 4.69) is 12.1 Å². The van der Waals surface area contributed by atoms with E-state index >= 15 is 0 Å². The molecule has 3 fully saturated rings. The van der Waals surface area contributed by atoms with Gasteiger partial charge in [-0.15, -0.1) is 0 Å². The molecule has 3 saturated heterocycles. The van der Waals surface area contributed by atoms with Crippen LogP contribution in [0, 0.1) is 5.92 Å². The number of piperidine rings is 3. The Bertz CT molecular complexity index is 1070. The molecule has 5 nitrogen and oxygen atoms in total. The maximum atomic E-state index is 13.5. The van der Waals surface area contributed by atoms with Gasteiger partial charge in [-0.05, 0) is 23.3 Å². The predicted molar refractivity (Wildman–Crippen MR) is 138 cm³/mol. The van der Waals surface area contributed by atoms with Gasteiger partial charge in [0.25, 0.3) is 0 Å². The van der Waals surface area contributed by atoms with Crippen LogP contribution in [0.1, 0.15) is 24.0 Å². The SMILES string of the molecule is O=C(O[C@H]1C[N+]2(CCOCc3ccccc3)CCC1CC2)N(Cc1ccccc1)c1ccccc1. The maximum Gasteiger partial charge on any atom is 0.415 e. The number of hydrogen-bond donors (Lipinski definition) is 0. The molecule has 3 aliphatic heterocycles. The first-order valence-corrected chi connectivity index (χ1v) is 12.7. The van der Waals surface area contributed by atoms with Crippen molar-refractivity contribution in [3.63, 3.8) is 0 Å². The summed E-state index contributed by atoms with van der Waals surface area (Å²) in [6.07, 6.45) is 1.93. The summed E-state index contributed by atoms with van der Waals surface area (Å²) in [6.45, 7) is 6.03. The summed E-state index contributed by atoms with van der Waals surface area (Å²) in [5.74, 6) is 0.457. The number of amides is 1. The highest BCUT2D eigenvalue weighted by atomic mass is 16.6. The zero-order chi connectivity index (χ0) is 23.9. The molecule has 0 spiro atoms. The number of carbonyl (C=O) groups is 1. The number of ether oxygens (including phenoxy) is 2. The van der Waals surface area contributed by atoms with Gasteiger partial charge in [0.05, 0.1) is 32.8 Å². The second kappa shape index (κ2) is 11.1. The first-order valence-electron chi connectivity index (χ1n) is 12.7. The van der Waals surface area contributed by atoms with Gasteiger partial charge >= 0.3 is 6.09 Å². The molecular formula is C30H35N2O3+. The normalized spacial score (nSPS) is 23.1. The lowest BCUT2D eigenvalue weighted by Crippen LogP contribution is -2.65. The van der Waals surface area contributed by atoms with Crippen LogP contribution in [0.15, 0.2) is 91.0 Å². The first-order chi connectivity index (χ1) is 17.2. The van der Waals surface area contributed by atoms with Gasteiger partial charge in [0.15, 0.2) is 6.10 Å². The van der Waals surface area contributed by atoms with Crippen LogP contribution < -0.4 is 4.90 Å². The summed E-state index contributed by atoms with van der Waals surface area (Å²) in [4.78, 5) is 15.3. The van der Waals surface area contributed by atoms with Gasteiger partial charge in [0, 0.05) is 24.4 Å². The third-order valence-corrected chi connectivity index (χ3v) is 7.59. The molecule has 5 heteroatoms. The molecule has 1 atom stereocenters. The van der Waals surface area contributed by atoms with Crippen LogP contribution in [0.25, 0.3) is 0 Å². The van der Waals surface area contributed by atoms with Crippen molar-refractivity contribution >= 4 is 11.8 Å². The summed E-state index contributed by atoms with van der Waals surface area (Å²) in [5, 5.41) is 0. The number of nitrogens with zero attached hydrogens (tertiary/aromatic N) is 2. The number of rotatable bonds is 9. The minimum atomic E-state index is -0.253. The summed E-state index contributed by atoms with van der Waals surface area (Å²) >= 11 is 0. The minimum Gasteiger partial charge on any atom is -0.440 e. The molecule has 3 aliphatic rings. The summed E-state index contributed by atoms with van der Waals surface area (Å²) in [5.41, 5.74) is 3.15. The number of carbonyl (C=O) groups excluding carboxylic acids is 1. The van der Waals surface area contributed by atoms with Gasteiger partial charge in [0.2, 0.25) is 0 Å². The number of para-hydroxylation sites is 1. The fourth-order valence-electron chi connectivity index (χ4n) is 5.52. The molecule has 182 valence electrons. The van der Waals surface area contributed by atoms with Crippen molar-refractivity contribution in [1.29, 1.82) is 0 Å². The highest BCUT2D eigenvalue weighted by molar-refractivity contribution is 5.87. The maximum absolute atomic E-state index is 13.5. The first kappa shape index (κ1) is 23.6. The van der Waals surface area contributed by atoms with Crippen LogP contribution >= 0.6 is 0 Å². The summed E-state index contributed by atoms with van der Waals surface area (Å²) in [7, 11) is 0. The number of hydrogen-bond acceptors (Lipinski definition) is 3. The molecule has 0 saturated carbocycles. The molecule has 6 rings (SSSR count). The number of anilines is 1. The molecule has 1 amide bonds. The van der Waals surface area contributed by atoms with Crippen molar-refractivity contribution in [2.24, 2.45) is 5.92 Å². The molecule has 0 aromatic heterocycles. The minimum absolute atomic E-state index is 0.0406. The van der Waals surface area contributed by atoms with Gasteiger partial charge in [0.1, 0.15) is 13.1 Å². The molecular weight excluding hydrogens is 436 g/mol. The summed E-state index contributed by atoms with van der Waals surface area (Å²) in [6, 6.07) is 30.3. The summed E-state index contributed by atoms with van der Waals surface area (Å²) < 4.78 is 13.3. The average molecular weight is 472 g/mol. The van der Waals surface area contributed by atoms with Crippen molar-refractivity contribution in [2.75, 3.05) is 37.7 Å². The fraction of sp³-hybridized carbons (Fsp3) is 0.367. The molecule has 0 N–H and O–H groups in total. The second-order valence-electron chi connectivity index (χ2n) is 9.90.